The first-order valence-corrected chi connectivity index (χ1v) is 6.48. The summed E-state index contributed by atoms with van der Waals surface area (Å²) in [6, 6.07) is 0. The molecular weight excluding hydrogens is 291 g/mol. The summed E-state index contributed by atoms with van der Waals surface area (Å²) in [5.41, 5.74) is 0.789. The number of aliphatic hydroxyl groups is 1. The zero-order valence-electron chi connectivity index (χ0n) is 10.7. The second kappa shape index (κ2) is 7.65. The predicted molar refractivity (Wildman–Crippen MR) is 73.8 cm³/mol. The molecule has 0 radical (unpaired) electrons. The number of amides is 1. The van der Waals surface area contributed by atoms with Crippen LogP contribution in [0, 0.1) is 6.92 Å². The summed E-state index contributed by atoms with van der Waals surface area (Å²) in [6.45, 7) is 2.25. The summed E-state index contributed by atoms with van der Waals surface area (Å²) in [5, 5.41) is 12.5. The normalized spacial score (nSPS) is 12.3. The number of aromatic nitrogens is 1. The van der Waals surface area contributed by atoms with E-state index in [0.717, 1.165) is 0 Å². The Morgan fingerprint density at radius 2 is 2.21 bits per heavy atom. The average Bonchev–Trinajstić information content (AvgIpc) is 2.36. The monoisotopic (exact) mass is 306 g/mol. The molecule has 1 atom stereocenters. The van der Waals surface area contributed by atoms with Gasteiger partial charge < -0.3 is 15.2 Å². The van der Waals surface area contributed by atoms with Crippen molar-refractivity contribution in [2.24, 2.45) is 0 Å². The van der Waals surface area contributed by atoms with Gasteiger partial charge in [-0.3, -0.25) is 9.78 Å². The number of halogens is 2. The number of aliphatic hydroxyl groups excluding tert-OH is 1. The molecule has 7 heteroatoms. The van der Waals surface area contributed by atoms with Crippen LogP contribution in [0.15, 0.2) is 6.20 Å². The van der Waals surface area contributed by atoms with Crippen LogP contribution in [0.1, 0.15) is 22.5 Å². The molecular formula is C12H16Cl2N2O3. The standard InChI is InChI=1S/C12H16Cl2N2O3/c1-7-10(13)11(14)9(5-16-7)12(18)15-4-3-8(17)6-19-2/h5,8,17H,3-4,6H2,1-2H3,(H,15,18). The number of pyridine rings is 1. The number of rotatable bonds is 6. The molecule has 1 unspecified atom stereocenters. The van der Waals surface area contributed by atoms with Gasteiger partial charge in [-0.15, -0.1) is 0 Å². The van der Waals surface area contributed by atoms with Crippen molar-refractivity contribution in [2.75, 3.05) is 20.3 Å². The van der Waals surface area contributed by atoms with Crippen molar-refractivity contribution in [3.63, 3.8) is 0 Å². The Hall–Kier alpha value is -0.880. The molecule has 19 heavy (non-hydrogen) atoms. The first-order valence-electron chi connectivity index (χ1n) is 5.73. The van der Waals surface area contributed by atoms with Gasteiger partial charge in [0.15, 0.2) is 0 Å². The van der Waals surface area contributed by atoms with Crippen molar-refractivity contribution < 1.29 is 14.6 Å². The molecule has 0 bridgehead atoms. The summed E-state index contributed by atoms with van der Waals surface area (Å²) >= 11 is 11.9. The Morgan fingerprint density at radius 3 is 2.84 bits per heavy atom. The number of nitrogens with zero attached hydrogens (tertiary/aromatic N) is 1. The fourth-order valence-electron chi connectivity index (χ4n) is 1.43. The topological polar surface area (TPSA) is 71.5 Å². The SMILES string of the molecule is COCC(O)CCNC(=O)c1cnc(C)c(Cl)c1Cl. The van der Waals surface area contributed by atoms with Gasteiger partial charge in [-0.1, -0.05) is 23.2 Å². The summed E-state index contributed by atoms with van der Waals surface area (Å²) in [4.78, 5) is 15.8. The van der Waals surface area contributed by atoms with Crippen molar-refractivity contribution in [3.05, 3.63) is 27.5 Å². The van der Waals surface area contributed by atoms with E-state index in [0.29, 0.717) is 18.7 Å². The molecule has 0 saturated carbocycles. The minimum atomic E-state index is -0.611. The number of nitrogens with one attached hydrogen (secondary N) is 1. The highest BCUT2D eigenvalue weighted by Crippen LogP contribution is 2.27. The number of hydrogen-bond acceptors (Lipinski definition) is 4. The molecule has 1 amide bonds. The maximum Gasteiger partial charge on any atom is 0.254 e. The van der Waals surface area contributed by atoms with Crippen LogP contribution < -0.4 is 5.32 Å². The van der Waals surface area contributed by atoms with E-state index < -0.39 is 6.10 Å². The predicted octanol–water partition coefficient (Wildman–Crippen LogP) is 1.82. The van der Waals surface area contributed by atoms with Gasteiger partial charge in [0.25, 0.3) is 5.91 Å². The number of carbonyl (C=O) groups excluding carboxylic acids is 1. The maximum atomic E-state index is 11.9. The van der Waals surface area contributed by atoms with E-state index in [2.05, 4.69) is 10.3 Å². The van der Waals surface area contributed by atoms with Gasteiger partial charge in [0.1, 0.15) is 0 Å². The molecule has 1 aromatic heterocycles. The zero-order valence-corrected chi connectivity index (χ0v) is 12.3. The zero-order chi connectivity index (χ0) is 14.4. The lowest BCUT2D eigenvalue weighted by Crippen LogP contribution is -2.28. The summed E-state index contributed by atoms with van der Waals surface area (Å²) in [5.74, 6) is -0.371. The smallest absolute Gasteiger partial charge is 0.254 e. The molecule has 0 spiro atoms. The fraction of sp³-hybridized carbons (Fsp3) is 0.500. The number of methoxy groups -OCH3 is 1. The van der Waals surface area contributed by atoms with E-state index in [1.807, 2.05) is 0 Å². The lowest BCUT2D eigenvalue weighted by Gasteiger charge is -2.11. The molecule has 1 aromatic rings. The molecule has 0 aliphatic carbocycles. The summed E-state index contributed by atoms with van der Waals surface area (Å²) in [7, 11) is 1.50. The second-order valence-corrected chi connectivity index (χ2v) is 4.79. The van der Waals surface area contributed by atoms with E-state index in [1.165, 1.54) is 13.3 Å². The third-order valence-electron chi connectivity index (χ3n) is 2.50. The van der Waals surface area contributed by atoms with Gasteiger partial charge in [0, 0.05) is 19.9 Å². The van der Waals surface area contributed by atoms with Crippen LogP contribution in [0.5, 0.6) is 0 Å². The minimum Gasteiger partial charge on any atom is -0.391 e. The number of aryl methyl sites for hydroxylation is 1. The van der Waals surface area contributed by atoms with Crippen LogP contribution in [0.25, 0.3) is 0 Å². The van der Waals surface area contributed by atoms with Gasteiger partial charge in [0.2, 0.25) is 0 Å². The Labute approximate surface area is 121 Å². The van der Waals surface area contributed by atoms with Crippen LogP contribution in [-0.4, -0.2) is 42.4 Å². The second-order valence-electron chi connectivity index (χ2n) is 4.04. The lowest BCUT2D eigenvalue weighted by atomic mass is 10.2. The van der Waals surface area contributed by atoms with E-state index in [-0.39, 0.29) is 28.1 Å². The number of carbonyl (C=O) groups is 1. The lowest BCUT2D eigenvalue weighted by molar-refractivity contribution is 0.0587. The highest BCUT2D eigenvalue weighted by Gasteiger charge is 2.15. The van der Waals surface area contributed by atoms with Crippen molar-refractivity contribution in [1.29, 1.82) is 0 Å². The molecule has 5 nitrogen and oxygen atoms in total. The summed E-state index contributed by atoms with van der Waals surface area (Å²) in [6.07, 6.45) is 1.16. The molecule has 0 saturated heterocycles. The van der Waals surface area contributed by atoms with E-state index in [9.17, 15) is 9.90 Å². The molecule has 0 fully saturated rings. The third-order valence-corrected chi connectivity index (χ3v) is 3.45. The molecule has 0 aliphatic rings. The molecule has 0 aliphatic heterocycles. The van der Waals surface area contributed by atoms with E-state index >= 15 is 0 Å². The quantitative estimate of drug-likeness (QED) is 0.841. The van der Waals surface area contributed by atoms with Crippen molar-refractivity contribution in [3.8, 4) is 0 Å². The first kappa shape index (κ1) is 16.2. The molecule has 1 heterocycles. The van der Waals surface area contributed by atoms with Crippen LogP contribution in [0.3, 0.4) is 0 Å². The highest BCUT2D eigenvalue weighted by atomic mass is 35.5. The van der Waals surface area contributed by atoms with Crippen molar-refractivity contribution in [1.82, 2.24) is 10.3 Å². The van der Waals surface area contributed by atoms with Crippen LogP contribution in [0.2, 0.25) is 10.0 Å². The number of ether oxygens (including phenoxy) is 1. The first-order chi connectivity index (χ1) is 8.97. The Bertz CT molecular complexity index is 455. The molecule has 0 aromatic carbocycles. The molecule has 106 valence electrons. The van der Waals surface area contributed by atoms with Crippen LogP contribution in [-0.2, 0) is 4.74 Å². The molecule has 1 rings (SSSR count). The van der Waals surface area contributed by atoms with Gasteiger partial charge in [-0.05, 0) is 13.3 Å². The highest BCUT2D eigenvalue weighted by molar-refractivity contribution is 6.44. The van der Waals surface area contributed by atoms with Gasteiger partial charge in [0.05, 0.1) is 34.0 Å². The summed E-state index contributed by atoms with van der Waals surface area (Å²) < 4.78 is 4.78. The maximum absolute atomic E-state index is 11.9. The fourth-order valence-corrected chi connectivity index (χ4v) is 1.86. The Kier molecular flexibility index (Phi) is 6.51. The Morgan fingerprint density at radius 1 is 1.53 bits per heavy atom. The van der Waals surface area contributed by atoms with Crippen LogP contribution in [0.4, 0.5) is 0 Å². The van der Waals surface area contributed by atoms with Crippen molar-refractivity contribution in [2.45, 2.75) is 19.4 Å². The number of hydrogen-bond donors (Lipinski definition) is 2. The average molecular weight is 307 g/mol. The van der Waals surface area contributed by atoms with E-state index in [4.69, 9.17) is 27.9 Å². The third kappa shape index (κ3) is 4.62. The minimum absolute atomic E-state index is 0.184. The largest absolute Gasteiger partial charge is 0.391 e. The van der Waals surface area contributed by atoms with Gasteiger partial charge in [-0.2, -0.15) is 0 Å². The van der Waals surface area contributed by atoms with E-state index in [1.54, 1.807) is 6.92 Å². The Balaban J connectivity index is 2.57. The van der Waals surface area contributed by atoms with Crippen molar-refractivity contribution >= 4 is 29.1 Å². The molecule has 2 N–H and O–H groups in total. The van der Waals surface area contributed by atoms with Gasteiger partial charge >= 0.3 is 0 Å². The van der Waals surface area contributed by atoms with Crippen LogP contribution >= 0.6 is 23.2 Å². The van der Waals surface area contributed by atoms with Gasteiger partial charge in [-0.25, -0.2) is 0 Å².